The maximum atomic E-state index is 11.4. The van der Waals surface area contributed by atoms with Gasteiger partial charge in [0.15, 0.2) is 0 Å². The largest absolute Gasteiger partial charge is 0.366 e. The summed E-state index contributed by atoms with van der Waals surface area (Å²) in [6.07, 6.45) is 10.9. The van der Waals surface area contributed by atoms with Crippen LogP contribution in [-0.4, -0.2) is 31.7 Å². The quantitative estimate of drug-likeness (QED) is 0.912. The molecule has 2 aliphatic rings. The molecule has 3 rings (SSSR count). The number of rotatable bonds is 3. The van der Waals surface area contributed by atoms with Gasteiger partial charge in [0.05, 0.1) is 24.1 Å². The molecule has 1 aromatic carbocycles. The Labute approximate surface area is 122 Å². The minimum absolute atomic E-state index is 0.445. The highest BCUT2D eigenvalue weighted by atomic mass is 16.1. The van der Waals surface area contributed by atoms with Crippen molar-refractivity contribution in [1.29, 1.82) is 0 Å². The maximum Gasteiger partial charge on any atom is 0.248 e. The summed E-state index contributed by atoms with van der Waals surface area (Å²) in [6.45, 7) is 1.42. The van der Waals surface area contributed by atoms with Crippen molar-refractivity contribution in [1.82, 2.24) is 0 Å². The fourth-order valence-corrected chi connectivity index (χ4v) is 2.25. The van der Waals surface area contributed by atoms with E-state index in [9.17, 15) is 4.79 Å². The molecule has 1 aromatic rings. The smallest absolute Gasteiger partial charge is 0.248 e. The molecule has 0 unspecified atom stereocenters. The predicted molar refractivity (Wildman–Crippen MR) is 84.9 cm³/mol. The van der Waals surface area contributed by atoms with Crippen LogP contribution in [0.3, 0.4) is 0 Å². The Kier molecular flexibility index (Phi) is 3.51. The van der Waals surface area contributed by atoms with Crippen molar-refractivity contribution in [3.63, 3.8) is 0 Å². The first-order valence-corrected chi connectivity index (χ1v) is 6.59. The number of nitrogens with zero attached hydrogens (tertiary/aromatic N) is 4. The molecule has 0 bridgehead atoms. The lowest BCUT2D eigenvalue weighted by Gasteiger charge is -2.28. The standard InChI is InChI=1S/C15H15N5O/c16-15(21)12-3-4-13(19-7-1-5-17-10-19)14(9-12)20-8-2-6-18-11-20/h1-6,9-11H,7-8H2,(H2,16,21). The van der Waals surface area contributed by atoms with E-state index in [2.05, 4.69) is 9.98 Å². The van der Waals surface area contributed by atoms with Crippen molar-refractivity contribution < 1.29 is 4.79 Å². The van der Waals surface area contributed by atoms with Gasteiger partial charge >= 0.3 is 0 Å². The Morgan fingerprint density at radius 2 is 1.62 bits per heavy atom. The van der Waals surface area contributed by atoms with Gasteiger partial charge in [-0.15, -0.1) is 0 Å². The molecule has 2 heterocycles. The molecule has 6 nitrogen and oxygen atoms in total. The van der Waals surface area contributed by atoms with Gasteiger partial charge in [0.25, 0.3) is 0 Å². The summed E-state index contributed by atoms with van der Waals surface area (Å²) in [5.41, 5.74) is 7.69. The molecule has 0 saturated carbocycles. The van der Waals surface area contributed by atoms with Crippen LogP contribution in [0.25, 0.3) is 0 Å². The minimum Gasteiger partial charge on any atom is -0.366 e. The fraction of sp³-hybridized carbons (Fsp3) is 0.133. The van der Waals surface area contributed by atoms with Gasteiger partial charge < -0.3 is 15.5 Å². The highest BCUT2D eigenvalue weighted by Crippen LogP contribution is 2.30. The van der Waals surface area contributed by atoms with Crippen LogP contribution in [0, 0.1) is 0 Å². The third kappa shape index (κ3) is 2.69. The van der Waals surface area contributed by atoms with E-state index in [0.29, 0.717) is 12.1 Å². The molecule has 0 aliphatic carbocycles. The van der Waals surface area contributed by atoms with Crippen molar-refractivity contribution in [2.45, 2.75) is 0 Å². The zero-order chi connectivity index (χ0) is 14.7. The van der Waals surface area contributed by atoms with Gasteiger partial charge in [-0.2, -0.15) is 0 Å². The van der Waals surface area contributed by atoms with Crippen LogP contribution < -0.4 is 15.5 Å². The van der Waals surface area contributed by atoms with E-state index in [4.69, 9.17) is 5.73 Å². The molecule has 21 heavy (non-hydrogen) atoms. The van der Waals surface area contributed by atoms with Crippen molar-refractivity contribution in [3.05, 3.63) is 48.3 Å². The Hall–Kier alpha value is -2.89. The Morgan fingerprint density at radius 3 is 2.14 bits per heavy atom. The second-order valence-corrected chi connectivity index (χ2v) is 4.67. The fourth-order valence-electron chi connectivity index (χ4n) is 2.25. The van der Waals surface area contributed by atoms with Crippen LogP contribution in [0.2, 0.25) is 0 Å². The number of carbonyl (C=O) groups excluding carboxylic acids is 1. The molecule has 0 aromatic heterocycles. The summed E-state index contributed by atoms with van der Waals surface area (Å²) in [5, 5.41) is 0. The Morgan fingerprint density at radius 1 is 1.00 bits per heavy atom. The van der Waals surface area contributed by atoms with Crippen LogP contribution in [0.5, 0.6) is 0 Å². The van der Waals surface area contributed by atoms with E-state index >= 15 is 0 Å². The average Bonchev–Trinajstić information content (AvgIpc) is 2.56. The van der Waals surface area contributed by atoms with Crippen LogP contribution in [0.15, 0.2) is 52.7 Å². The van der Waals surface area contributed by atoms with Gasteiger partial charge in [-0.05, 0) is 30.4 Å². The lowest BCUT2D eigenvalue weighted by atomic mass is 10.1. The van der Waals surface area contributed by atoms with Gasteiger partial charge in [0.2, 0.25) is 5.91 Å². The second-order valence-electron chi connectivity index (χ2n) is 4.67. The number of benzene rings is 1. The molecule has 0 saturated heterocycles. The van der Waals surface area contributed by atoms with E-state index < -0.39 is 5.91 Å². The van der Waals surface area contributed by atoms with Crippen LogP contribution in [0.1, 0.15) is 10.4 Å². The normalized spacial score (nSPS) is 16.6. The van der Waals surface area contributed by atoms with Gasteiger partial charge in [-0.25, -0.2) is 9.98 Å². The van der Waals surface area contributed by atoms with Gasteiger partial charge in [0.1, 0.15) is 0 Å². The Bertz CT molecular complexity index is 675. The molecule has 1 amide bonds. The molecule has 6 heteroatoms. The van der Waals surface area contributed by atoms with E-state index in [1.165, 1.54) is 0 Å². The van der Waals surface area contributed by atoms with Crippen LogP contribution in [-0.2, 0) is 0 Å². The summed E-state index contributed by atoms with van der Waals surface area (Å²) in [7, 11) is 0. The SMILES string of the molecule is NC(=O)c1ccc(N2C=NC=CC2)c(N2C=NC=CC2)c1. The number of hydrogen-bond acceptors (Lipinski definition) is 5. The van der Waals surface area contributed by atoms with Crippen molar-refractivity contribution in [2.75, 3.05) is 22.9 Å². The monoisotopic (exact) mass is 281 g/mol. The molecule has 0 atom stereocenters. The molecular weight excluding hydrogens is 266 g/mol. The topological polar surface area (TPSA) is 74.3 Å². The molecule has 106 valence electrons. The minimum atomic E-state index is -0.445. The van der Waals surface area contributed by atoms with Crippen LogP contribution >= 0.6 is 0 Å². The number of anilines is 2. The third-order valence-corrected chi connectivity index (χ3v) is 3.28. The number of carbonyl (C=O) groups is 1. The van der Waals surface area contributed by atoms with E-state index in [-0.39, 0.29) is 0 Å². The van der Waals surface area contributed by atoms with Crippen molar-refractivity contribution in [3.8, 4) is 0 Å². The molecule has 0 spiro atoms. The molecule has 0 fully saturated rings. The third-order valence-electron chi connectivity index (χ3n) is 3.28. The molecule has 2 aliphatic heterocycles. The molecule has 0 radical (unpaired) electrons. The lowest BCUT2D eigenvalue weighted by Crippen LogP contribution is -2.29. The van der Waals surface area contributed by atoms with Gasteiger partial charge in [0, 0.05) is 31.1 Å². The van der Waals surface area contributed by atoms with E-state index in [1.807, 2.05) is 28.0 Å². The summed E-state index contributed by atoms with van der Waals surface area (Å²) in [5.74, 6) is -0.445. The Balaban J connectivity index is 2.03. The maximum absolute atomic E-state index is 11.4. The van der Waals surface area contributed by atoms with Gasteiger partial charge in [-0.1, -0.05) is 0 Å². The summed E-state index contributed by atoms with van der Waals surface area (Å²) in [4.78, 5) is 23.7. The number of hydrogen-bond donors (Lipinski definition) is 1. The van der Waals surface area contributed by atoms with Crippen molar-refractivity contribution in [2.24, 2.45) is 15.7 Å². The van der Waals surface area contributed by atoms with Crippen molar-refractivity contribution >= 4 is 30.0 Å². The number of amides is 1. The number of primary amides is 1. The van der Waals surface area contributed by atoms with E-state index in [0.717, 1.165) is 17.9 Å². The highest BCUT2D eigenvalue weighted by Gasteiger charge is 2.17. The average molecular weight is 281 g/mol. The van der Waals surface area contributed by atoms with Gasteiger partial charge in [-0.3, -0.25) is 4.79 Å². The highest BCUT2D eigenvalue weighted by molar-refractivity contribution is 5.99. The summed E-state index contributed by atoms with van der Waals surface area (Å²) < 4.78 is 0. The number of aliphatic imine (C=N–C) groups is 2. The lowest BCUT2D eigenvalue weighted by molar-refractivity contribution is 0.100. The second kappa shape index (κ2) is 5.62. The molecule has 2 N–H and O–H groups in total. The number of nitrogens with two attached hydrogens (primary N) is 1. The predicted octanol–water partition coefficient (Wildman–Crippen LogP) is 1.51. The zero-order valence-corrected chi connectivity index (χ0v) is 11.4. The summed E-state index contributed by atoms with van der Waals surface area (Å²) >= 11 is 0. The first-order valence-electron chi connectivity index (χ1n) is 6.59. The first kappa shape index (κ1) is 13.1. The molecular formula is C15H15N5O. The van der Waals surface area contributed by atoms with Crippen LogP contribution in [0.4, 0.5) is 11.4 Å². The first-order chi connectivity index (χ1) is 10.3. The zero-order valence-electron chi connectivity index (χ0n) is 11.4. The summed E-state index contributed by atoms with van der Waals surface area (Å²) in [6, 6.07) is 5.39. The van der Waals surface area contributed by atoms with E-state index in [1.54, 1.807) is 37.2 Å².